The Morgan fingerprint density at radius 2 is 2.11 bits per heavy atom. The smallest absolute Gasteiger partial charge is 0.0721 e. The normalized spacial score (nSPS) is 14.7. The van der Waals surface area contributed by atoms with E-state index in [4.69, 9.17) is 4.74 Å². The molecule has 1 aromatic heterocycles. The Balaban J connectivity index is 2.61. The maximum absolute atomic E-state index is 5.30. The summed E-state index contributed by atoms with van der Waals surface area (Å²) in [6.07, 6.45) is 8.25. The molecule has 3 nitrogen and oxygen atoms in total. The number of aromatic nitrogens is 1. The summed E-state index contributed by atoms with van der Waals surface area (Å²) in [5, 5.41) is 3.62. The quantitative estimate of drug-likeness (QED) is 0.729. The lowest BCUT2D eigenvalue weighted by atomic mass is 10.1. The first kappa shape index (κ1) is 15.3. The zero-order valence-corrected chi connectivity index (χ0v) is 12.3. The van der Waals surface area contributed by atoms with Gasteiger partial charge in [-0.05, 0) is 37.9 Å². The van der Waals surface area contributed by atoms with Crippen molar-refractivity contribution in [1.82, 2.24) is 9.88 Å². The number of ether oxygens (including phenoxy) is 1. The van der Waals surface area contributed by atoms with Crippen LogP contribution in [-0.4, -0.2) is 24.3 Å². The molecule has 0 radical (unpaired) electrons. The van der Waals surface area contributed by atoms with Gasteiger partial charge in [0, 0.05) is 32.1 Å². The molecule has 0 aromatic carbocycles. The monoisotopic (exact) mass is 252 g/mol. The van der Waals surface area contributed by atoms with E-state index in [2.05, 4.69) is 49.1 Å². The number of nitrogens with one attached hydrogen (secondary N) is 1. The van der Waals surface area contributed by atoms with Crippen LogP contribution in [-0.2, 0) is 11.3 Å². The average molecular weight is 252 g/mol. The topological polar surface area (TPSA) is 26.2 Å². The Morgan fingerprint density at radius 1 is 1.33 bits per heavy atom. The molecule has 0 saturated heterocycles. The lowest BCUT2D eigenvalue weighted by Gasteiger charge is -2.16. The first-order valence-corrected chi connectivity index (χ1v) is 7.13. The van der Waals surface area contributed by atoms with Gasteiger partial charge in [0.15, 0.2) is 0 Å². The first-order chi connectivity index (χ1) is 8.71. The standard InChI is InChI=1S/C15H28N2O/c1-5-7-15(16-9-6-2)14-8-10-17(12-14)11-13(3)18-4/h8,10,12-13,15-16H,5-7,9,11H2,1-4H3. The molecule has 1 aromatic rings. The predicted molar refractivity (Wildman–Crippen MR) is 76.8 cm³/mol. The maximum atomic E-state index is 5.30. The molecule has 0 spiro atoms. The lowest BCUT2D eigenvalue weighted by molar-refractivity contribution is 0.103. The molecule has 0 aliphatic rings. The number of hydrogen-bond donors (Lipinski definition) is 1. The van der Waals surface area contributed by atoms with E-state index in [9.17, 15) is 0 Å². The summed E-state index contributed by atoms with van der Waals surface area (Å²) in [6, 6.07) is 2.72. The Hall–Kier alpha value is -0.800. The van der Waals surface area contributed by atoms with Crippen molar-refractivity contribution in [2.24, 2.45) is 0 Å². The fraction of sp³-hybridized carbons (Fsp3) is 0.733. The maximum Gasteiger partial charge on any atom is 0.0721 e. The van der Waals surface area contributed by atoms with E-state index in [0.29, 0.717) is 6.04 Å². The Labute approximate surface area is 112 Å². The van der Waals surface area contributed by atoms with Crippen molar-refractivity contribution < 1.29 is 4.74 Å². The Kier molecular flexibility index (Phi) is 7.06. The van der Waals surface area contributed by atoms with E-state index < -0.39 is 0 Å². The first-order valence-electron chi connectivity index (χ1n) is 7.13. The molecule has 0 amide bonds. The molecule has 1 N–H and O–H groups in total. The van der Waals surface area contributed by atoms with Crippen LogP contribution < -0.4 is 5.32 Å². The molecular formula is C15H28N2O. The minimum Gasteiger partial charge on any atom is -0.380 e. The van der Waals surface area contributed by atoms with Crippen molar-refractivity contribution in [3.63, 3.8) is 0 Å². The van der Waals surface area contributed by atoms with Gasteiger partial charge in [-0.3, -0.25) is 0 Å². The van der Waals surface area contributed by atoms with Crippen LogP contribution in [0.1, 0.15) is 51.6 Å². The minimum atomic E-state index is 0.262. The summed E-state index contributed by atoms with van der Waals surface area (Å²) in [4.78, 5) is 0. The third-order valence-electron chi connectivity index (χ3n) is 3.26. The van der Waals surface area contributed by atoms with Crippen molar-refractivity contribution in [2.75, 3.05) is 13.7 Å². The zero-order chi connectivity index (χ0) is 13.4. The lowest BCUT2D eigenvalue weighted by Crippen LogP contribution is -2.21. The van der Waals surface area contributed by atoms with Crippen molar-refractivity contribution in [2.45, 2.75) is 58.7 Å². The van der Waals surface area contributed by atoms with Crippen LogP contribution in [0.4, 0.5) is 0 Å². The molecule has 0 fully saturated rings. The van der Waals surface area contributed by atoms with Crippen molar-refractivity contribution in [1.29, 1.82) is 0 Å². The van der Waals surface area contributed by atoms with E-state index in [1.807, 2.05) is 0 Å². The van der Waals surface area contributed by atoms with Gasteiger partial charge in [0.2, 0.25) is 0 Å². The van der Waals surface area contributed by atoms with E-state index in [-0.39, 0.29) is 6.10 Å². The zero-order valence-electron chi connectivity index (χ0n) is 12.3. The second-order valence-electron chi connectivity index (χ2n) is 4.98. The van der Waals surface area contributed by atoms with Gasteiger partial charge in [0.05, 0.1) is 6.10 Å². The van der Waals surface area contributed by atoms with Crippen LogP contribution in [0.5, 0.6) is 0 Å². The molecule has 1 rings (SSSR count). The summed E-state index contributed by atoms with van der Waals surface area (Å²) in [5.41, 5.74) is 1.40. The largest absolute Gasteiger partial charge is 0.380 e. The highest BCUT2D eigenvalue weighted by Gasteiger charge is 2.11. The molecule has 0 bridgehead atoms. The van der Waals surface area contributed by atoms with Crippen molar-refractivity contribution in [3.8, 4) is 0 Å². The van der Waals surface area contributed by atoms with Gasteiger partial charge in [-0.25, -0.2) is 0 Å². The molecular weight excluding hydrogens is 224 g/mol. The summed E-state index contributed by atoms with van der Waals surface area (Å²) in [7, 11) is 1.76. The van der Waals surface area contributed by atoms with Gasteiger partial charge in [-0.1, -0.05) is 20.3 Å². The van der Waals surface area contributed by atoms with Crippen LogP contribution in [0.2, 0.25) is 0 Å². The second kappa shape index (κ2) is 8.33. The fourth-order valence-corrected chi connectivity index (χ4v) is 2.14. The van der Waals surface area contributed by atoms with Crippen LogP contribution in [0.3, 0.4) is 0 Å². The van der Waals surface area contributed by atoms with Gasteiger partial charge in [0.25, 0.3) is 0 Å². The van der Waals surface area contributed by atoms with Crippen molar-refractivity contribution in [3.05, 3.63) is 24.0 Å². The fourth-order valence-electron chi connectivity index (χ4n) is 2.14. The number of rotatable bonds is 9. The van der Waals surface area contributed by atoms with Gasteiger partial charge < -0.3 is 14.6 Å². The van der Waals surface area contributed by atoms with E-state index >= 15 is 0 Å². The highest BCUT2D eigenvalue weighted by molar-refractivity contribution is 5.15. The highest BCUT2D eigenvalue weighted by atomic mass is 16.5. The summed E-state index contributed by atoms with van der Waals surface area (Å²) >= 11 is 0. The predicted octanol–water partition coefficient (Wildman–Crippen LogP) is 3.36. The Morgan fingerprint density at radius 3 is 2.72 bits per heavy atom. The number of nitrogens with zero attached hydrogens (tertiary/aromatic N) is 1. The molecule has 104 valence electrons. The van der Waals surface area contributed by atoms with Crippen LogP contribution in [0.15, 0.2) is 18.5 Å². The highest BCUT2D eigenvalue weighted by Crippen LogP contribution is 2.19. The van der Waals surface area contributed by atoms with E-state index in [1.165, 1.54) is 24.8 Å². The summed E-state index contributed by atoms with van der Waals surface area (Å²) in [5.74, 6) is 0. The molecule has 0 aliphatic heterocycles. The Bertz CT molecular complexity index is 322. The minimum absolute atomic E-state index is 0.262. The van der Waals surface area contributed by atoms with E-state index in [1.54, 1.807) is 7.11 Å². The molecule has 0 aliphatic carbocycles. The summed E-state index contributed by atoms with van der Waals surface area (Å²) in [6.45, 7) is 8.55. The molecule has 1 heterocycles. The van der Waals surface area contributed by atoms with Crippen LogP contribution in [0, 0.1) is 0 Å². The number of hydrogen-bond acceptors (Lipinski definition) is 2. The van der Waals surface area contributed by atoms with Crippen molar-refractivity contribution >= 4 is 0 Å². The molecule has 3 heteroatoms. The van der Waals surface area contributed by atoms with Crippen LogP contribution >= 0.6 is 0 Å². The molecule has 0 saturated carbocycles. The molecule has 18 heavy (non-hydrogen) atoms. The second-order valence-corrected chi connectivity index (χ2v) is 4.98. The van der Waals surface area contributed by atoms with Crippen LogP contribution in [0.25, 0.3) is 0 Å². The van der Waals surface area contributed by atoms with Gasteiger partial charge in [-0.2, -0.15) is 0 Å². The average Bonchev–Trinajstić information content (AvgIpc) is 2.82. The number of methoxy groups -OCH3 is 1. The van der Waals surface area contributed by atoms with Gasteiger partial charge in [-0.15, -0.1) is 0 Å². The summed E-state index contributed by atoms with van der Waals surface area (Å²) < 4.78 is 7.52. The molecule has 2 unspecified atom stereocenters. The SMILES string of the molecule is CCCNC(CCC)c1ccn(CC(C)OC)c1. The van der Waals surface area contributed by atoms with Gasteiger partial charge in [0.1, 0.15) is 0 Å². The third-order valence-corrected chi connectivity index (χ3v) is 3.26. The third kappa shape index (κ3) is 4.83. The molecule has 2 atom stereocenters. The van der Waals surface area contributed by atoms with Gasteiger partial charge >= 0.3 is 0 Å². The van der Waals surface area contributed by atoms with E-state index in [0.717, 1.165) is 13.1 Å².